The van der Waals surface area contributed by atoms with Crippen molar-refractivity contribution in [3.63, 3.8) is 0 Å². The van der Waals surface area contributed by atoms with E-state index < -0.39 is 0 Å². The van der Waals surface area contributed by atoms with Gasteiger partial charge in [0.2, 0.25) is 0 Å². The lowest BCUT2D eigenvalue weighted by Gasteiger charge is -2.07. The Morgan fingerprint density at radius 2 is 1.94 bits per heavy atom. The summed E-state index contributed by atoms with van der Waals surface area (Å²) in [4.78, 5) is 11.1. The molecule has 0 aromatic heterocycles. The van der Waals surface area contributed by atoms with Crippen LogP contribution in [-0.4, -0.2) is 30.8 Å². The van der Waals surface area contributed by atoms with Crippen LogP contribution in [0.1, 0.15) is 12.0 Å². The molecule has 0 spiro atoms. The van der Waals surface area contributed by atoms with Gasteiger partial charge in [-0.1, -0.05) is 29.3 Å². The number of amides is 2. The van der Waals surface area contributed by atoms with Crippen molar-refractivity contribution in [3.05, 3.63) is 33.8 Å². The molecule has 6 heteroatoms. The molecule has 0 aliphatic rings. The normalized spacial score (nSPS) is 10.2. The van der Waals surface area contributed by atoms with Crippen LogP contribution in [0.5, 0.6) is 0 Å². The molecule has 18 heavy (non-hydrogen) atoms. The van der Waals surface area contributed by atoms with Gasteiger partial charge in [0.05, 0.1) is 6.61 Å². The Hall–Kier alpha value is -0.970. The molecule has 0 aliphatic heterocycles. The Morgan fingerprint density at radius 3 is 2.61 bits per heavy atom. The fourth-order valence-electron chi connectivity index (χ4n) is 1.44. The molecule has 0 aliphatic carbocycles. The van der Waals surface area contributed by atoms with Crippen molar-refractivity contribution in [2.75, 3.05) is 19.7 Å². The van der Waals surface area contributed by atoms with Crippen molar-refractivity contribution in [1.82, 2.24) is 10.6 Å². The van der Waals surface area contributed by atoms with Crippen molar-refractivity contribution in [3.8, 4) is 0 Å². The van der Waals surface area contributed by atoms with Gasteiger partial charge in [0.15, 0.2) is 0 Å². The Labute approximate surface area is 116 Å². The van der Waals surface area contributed by atoms with Crippen molar-refractivity contribution < 1.29 is 9.90 Å². The lowest BCUT2D eigenvalue weighted by Crippen LogP contribution is -2.37. The van der Waals surface area contributed by atoms with Crippen LogP contribution in [0.3, 0.4) is 0 Å². The second-order valence-corrected chi connectivity index (χ2v) is 4.59. The zero-order valence-electron chi connectivity index (χ0n) is 9.88. The smallest absolute Gasteiger partial charge is 0.314 e. The molecule has 0 unspecified atom stereocenters. The monoisotopic (exact) mass is 290 g/mol. The van der Waals surface area contributed by atoms with Crippen molar-refractivity contribution in [2.45, 2.75) is 12.8 Å². The topological polar surface area (TPSA) is 61.4 Å². The van der Waals surface area contributed by atoms with E-state index in [1.807, 2.05) is 6.07 Å². The Morgan fingerprint density at radius 1 is 1.22 bits per heavy atom. The van der Waals surface area contributed by atoms with E-state index in [4.69, 9.17) is 28.3 Å². The number of urea groups is 1. The van der Waals surface area contributed by atoms with Gasteiger partial charge >= 0.3 is 6.03 Å². The lowest BCUT2D eigenvalue weighted by molar-refractivity contribution is 0.234. The summed E-state index contributed by atoms with van der Waals surface area (Å²) in [5.74, 6) is 0. The number of rotatable bonds is 6. The minimum Gasteiger partial charge on any atom is -0.395 e. The van der Waals surface area contributed by atoms with Crippen molar-refractivity contribution in [2.24, 2.45) is 0 Å². The number of benzene rings is 1. The number of aliphatic hydroxyl groups excluding tert-OH is 1. The molecule has 0 saturated carbocycles. The van der Waals surface area contributed by atoms with Crippen LogP contribution in [0, 0.1) is 0 Å². The Kier molecular flexibility index (Phi) is 6.86. The van der Waals surface area contributed by atoms with E-state index in [9.17, 15) is 4.79 Å². The van der Waals surface area contributed by atoms with Gasteiger partial charge in [0.1, 0.15) is 0 Å². The molecule has 1 rings (SSSR count). The fraction of sp³-hybridized carbons (Fsp3) is 0.417. The summed E-state index contributed by atoms with van der Waals surface area (Å²) >= 11 is 11.8. The van der Waals surface area contributed by atoms with Gasteiger partial charge in [-0.2, -0.15) is 0 Å². The molecular weight excluding hydrogens is 275 g/mol. The van der Waals surface area contributed by atoms with E-state index in [1.54, 1.807) is 12.1 Å². The largest absolute Gasteiger partial charge is 0.395 e. The first-order valence-corrected chi connectivity index (χ1v) is 6.45. The van der Waals surface area contributed by atoms with Crippen LogP contribution < -0.4 is 10.6 Å². The molecule has 0 bridgehead atoms. The van der Waals surface area contributed by atoms with Crippen LogP contribution in [-0.2, 0) is 6.42 Å². The summed E-state index contributed by atoms with van der Waals surface area (Å²) in [7, 11) is 0. The summed E-state index contributed by atoms with van der Waals surface area (Å²) in [6, 6.07) is 5.12. The third-order valence-corrected chi connectivity index (χ3v) is 2.91. The third kappa shape index (κ3) is 5.58. The van der Waals surface area contributed by atoms with Gasteiger partial charge in [0.25, 0.3) is 0 Å². The van der Waals surface area contributed by atoms with E-state index in [0.717, 1.165) is 18.4 Å². The van der Waals surface area contributed by atoms with Gasteiger partial charge in [-0.3, -0.25) is 0 Å². The second-order valence-electron chi connectivity index (χ2n) is 3.75. The minimum atomic E-state index is -0.272. The average Bonchev–Trinajstić information content (AvgIpc) is 2.34. The highest BCUT2D eigenvalue weighted by Crippen LogP contribution is 2.21. The van der Waals surface area contributed by atoms with Crippen LogP contribution in [0.25, 0.3) is 0 Å². The molecule has 3 N–H and O–H groups in total. The molecule has 1 aromatic carbocycles. The molecule has 2 amide bonds. The quantitative estimate of drug-likeness (QED) is 0.704. The number of halogens is 2. The summed E-state index contributed by atoms with van der Waals surface area (Å²) in [6.07, 6.45) is 1.56. The highest BCUT2D eigenvalue weighted by Gasteiger charge is 2.02. The molecule has 0 atom stereocenters. The predicted molar refractivity (Wildman–Crippen MR) is 73.3 cm³/mol. The molecule has 0 fully saturated rings. The number of hydrogen-bond acceptors (Lipinski definition) is 2. The first kappa shape index (κ1) is 15.1. The Bertz CT molecular complexity index is 400. The van der Waals surface area contributed by atoms with Crippen LogP contribution in [0.15, 0.2) is 18.2 Å². The van der Waals surface area contributed by atoms with Gasteiger partial charge < -0.3 is 15.7 Å². The third-order valence-electron chi connectivity index (χ3n) is 2.32. The highest BCUT2D eigenvalue weighted by molar-refractivity contribution is 6.35. The van der Waals surface area contributed by atoms with E-state index in [-0.39, 0.29) is 19.2 Å². The number of hydrogen-bond donors (Lipinski definition) is 3. The molecule has 0 saturated heterocycles. The summed E-state index contributed by atoms with van der Waals surface area (Å²) < 4.78 is 0. The highest BCUT2D eigenvalue weighted by atomic mass is 35.5. The molecule has 100 valence electrons. The maximum atomic E-state index is 11.1. The summed E-state index contributed by atoms with van der Waals surface area (Å²) in [5, 5.41) is 15.0. The maximum Gasteiger partial charge on any atom is 0.314 e. The summed E-state index contributed by atoms with van der Waals surface area (Å²) in [6.45, 7) is 0.749. The molecule has 0 heterocycles. The Balaban J connectivity index is 2.23. The van der Waals surface area contributed by atoms with Gasteiger partial charge in [0, 0.05) is 23.1 Å². The molecule has 1 aromatic rings. The molecule has 0 radical (unpaired) electrons. The van der Waals surface area contributed by atoms with E-state index in [2.05, 4.69) is 10.6 Å². The van der Waals surface area contributed by atoms with E-state index >= 15 is 0 Å². The summed E-state index contributed by atoms with van der Waals surface area (Å²) in [5.41, 5.74) is 1.01. The molecular formula is C12H16Cl2N2O2. The lowest BCUT2D eigenvalue weighted by atomic mass is 10.1. The number of carbonyl (C=O) groups excluding carboxylic acids is 1. The van der Waals surface area contributed by atoms with Gasteiger partial charge in [-0.05, 0) is 30.5 Å². The predicted octanol–water partition coefficient (Wildman–Crippen LogP) is 2.22. The number of carbonyl (C=O) groups is 1. The zero-order valence-corrected chi connectivity index (χ0v) is 11.4. The first-order valence-electron chi connectivity index (χ1n) is 5.70. The minimum absolute atomic E-state index is 0.0617. The average molecular weight is 291 g/mol. The van der Waals surface area contributed by atoms with Crippen LogP contribution >= 0.6 is 23.2 Å². The second kappa shape index (κ2) is 8.19. The molecule has 4 nitrogen and oxygen atoms in total. The van der Waals surface area contributed by atoms with Gasteiger partial charge in [-0.15, -0.1) is 0 Å². The van der Waals surface area contributed by atoms with Gasteiger partial charge in [-0.25, -0.2) is 4.79 Å². The number of aryl methyl sites for hydroxylation is 1. The van der Waals surface area contributed by atoms with E-state index in [1.165, 1.54) is 0 Å². The van der Waals surface area contributed by atoms with Crippen LogP contribution in [0.2, 0.25) is 10.0 Å². The number of nitrogens with one attached hydrogen (secondary N) is 2. The maximum absolute atomic E-state index is 11.1. The fourth-order valence-corrected chi connectivity index (χ4v) is 1.94. The first-order chi connectivity index (χ1) is 8.63. The number of aliphatic hydroxyl groups is 1. The standard InChI is InChI=1S/C12H16Cl2N2O2/c13-10-4-3-9(11(14)8-10)2-1-5-15-12(18)16-6-7-17/h3-4,8,17H,1-2,5-7H2,(H2,15,16,18). The SMILES string of the molecule is O=C(NCCO)NCCCc1ccc(Cl)cc1Cl. The zero-order chi connectivity index (χ0) is 13.4. The van der Waals surface area contributed by atoms with E-state index in [0.29, 0.717) is 16.6 Å². The van der Waals surface area contributed by atoms with Crippen molar-refractivity contribution >= 4 is 29.2 Å². The van der Waals surface area contributed by atoms with Crippen LogP contribution in [0.4, 0.5) is 4.79 Å². The van der Waals surface area contributed by atoms with Crippen molar-refractivity contribution in [1.29, 1.82) is 0 Å².